The summed E-state index contributed by atoms with van der Waals surface area (Å²) >= 11 is 1.30. The highest BCUT2D eigenvalue weighted by atomic mass is 79.9. The van der Waals surface area contributed by atoms with Gasteiger partial charge in [0.15, 0.2) is 0 Å². The SMILES string of the molecule is FC(F)(F)C(F)(F)C(F)(F)C(F)(F)C(F)(F)C(F)(F)C(F)(F)C(F)(F)C(F)(F)C(F)(F)CBr. The largest absolute Gasteiger partial charge is 0.460 e. The number of rotatable bonds is 9. The fourth-order valence-corrected chi connectivity index (χ4v) is 2.03. The maximum Gasteiger partial charge on any atom is 0.460 e. The molecule has 0 fully saturated rings. The van der Waals surface area contributed by atoms with E-state index in [-0.39, 0.29) is 0 Å². The molecule has 0 aromatic carbocycles. The Hall–Kier alpha value is -0.990. The van der Waals surface area contributed by atoms with Gasteiger partial charge >= 0.3 is 59.5 Å². The second kappa shape index (κ2) is 7.76. The Kier molecular flexibility index (Phi) is 7.52. The van der Waals surface area contributed by atoms with Crippen LogP contribution in [0.3, 0.4) is 0 Å². The van der Waals surface area contributed by atoms with Crippen molar-refractivity contribution in [3.8, 4) is 0 Å². The molecule has 200 valence electrons. The summed E-state index contributed by atoms with van der Waals surface area (Å²) in [5, 5.41) is -2.81. The normalized spacial score (nSPS) is 16.9. The Bertz CT molecular complexity index is 714. The zero-order valence-corrected chi connectivity index (χ0v) is 15.6. The van der Waals surface area contributed by atoms with E-state index in [2.05, 4.69) is 0 Å². The smallest absolute Gasteiger partial charge is 0.199 e. The van der Waals surface area contributed by atoms with E-state index in [1.807, 2.05) is 0 Å². The average Bonchev–Trinajstić information content (AvgIpc) is 2.59. The van der Waals surface area contributed by atoms with Crippen LogP contribution >= 0.6 is 15.9 Å². The van der Waals surface area contributed by atoms with Gasteiger partial charge in [-0.15, -0.1) is 0 Å². The van der Waals surface area contributed by atoms with Gasteiger partial charge in [-0.25, -0.2) is 0 Å². The third-order valence-corrected chi connectivity index (χ3v) is 4.45. The fraction of sp³-hybridized carbons (Fsp3) is 1.00. The molecule has 0 aliphatic carbocycles. The van der Waals surface area contributed by atoms with Crippen LogP contribution in [0.25, 0.3) is 0 Å². The van der Waals surface area contributed by atoms with E-state index >= 15 is 0 Å². The Balaban J connectivity index is 7.03. The Morgan fingerprint density at radius 2 is 0.485 bits per heavy atom. The minimum absolute atomic E-state index is 1.30. The molecule has 0 heterocycles. The molecule has 0 rings (SSSR count). The lowest BCUT2D eigenvalue weighted by atomic mass is 9.86. The molecule has 0 amide bonds. The number of alkyl halides is 22. The first-order valence-corrected chi connectivity index (χ1v) is 7.96. The summed E-state index contributed by atoms with van der Waals surface area (Å²) in [5.41, 5.74) is 0. The topological polar surface area (TPSA) is 0 Å². The van der Waals surface area contributed by atoms with Crippen LogP contribution in [0, 0.1) is 0 Å². The molecule has 0 saturated heterocycles. The van der Waals surface area contributed by atoms with E-state index in [0.717, 1.165) is 0 Å². The summed E-state index contributed by atoms with van der Waals surface area (Å²) in [5.74, 6) is -76.4. The van der Waals surface area contributed by atoms with Crippen LogP contribution in [-0.2, 0) is 0 Å². The maximum atomic E-state index is 13.3. The van der Waals surface area contributed by atoms with Gasteiger partial charge < -0.3 is 0 Å². The van der Waals surface area contributed by atoms with E-state index < -0.39 is 64.8 Å². The molecule has 0 aliphatic rings. The van der Waals surface area contributed by atoms with Gasteiger partial charge in [0.05, 0.1) is 5.33 Å². The van der Waals surface area contributed by atoms with Crippen molar-refractivity contribution >= 4 is 15.9 Å². The minimum atomic E-state index is -9.13. The molecule has 0 N–H and O–H groups in total. The zero-order chi connectivity index (χ0) is 27.7. The van der Waals surface area contributed by atoms with E-state index in [9.17, 15) is 92.2 Å². The Labute approximate surface area is 174 Å². The fourth-order valence-electron chi connectivity index (χ4n) is 1.67. The van der Waals surface area contributed by atoms with Crippen molar-refractivity contribution in [3.63, 3.8) is 0 Å². The quantitative estimate of drug-likeness (QED) is 0.185. The number of halogens is 22. The van der Waals surface area contributed by atoms with Crippen LogP contribution in [-0.4, -0.2) is 64.8 Å². The lowest BCUT2D eigenvalue weighted by molar-refractivity contribution is -0.473. The summed E-state index contributed by atoms with van der Waals surface area (Å²) < 4.78 is 271. The summed E-state index contributed by atoms with van der Waals surface area (Å²) in [6.07, 6.45) is -7.98. The molecule has 0 aromatic rings. The third kappa shape index (κ3) is 3.79. The molecule has 0 unspecified atom stereocenters. The van der Waals surface area contributed by atoms with Gasteiger partial charge in [0, 0.05) is 0 Å². The average molecular weight is 613 g/mol. The Morgan fingerprint density at radius 3 is 0.667 bits per heavy atom. The molecule has 33 heavy (non-hydrogen) atoms. The molecule has 22 heteroatoms. The molecule has 0 radical (unpaired) electrons. The van der Waals surface area contributed by atoms with Crippen LogP contribution < -0.4 is 0 Å². The molecular formula is C11H2BrF21. The molecule has 0 aromatic heterocycles. The van der Waals surface area contributed by atoms with Crippen LogP contribution in [0.15, 0.2) is 0 Å². The van der Waals surface area contributed by atoms with Crippen molar-refractivity contribution in [2.45, 2.75) is 59.5 Å². The highest BCUT2D eigenvalue weighted by molar-refractivity contribution is 9.09. The van der Waals surface area contributed by atoms with Gasteiger partial charge in [0.2, 0.25) is 0 Å². The van der Waals surface area contributed by atoms with Gasteiger partial charge in [-0.05, 0) is 0 Å². The molecule has 0 spiro atoms. The first-order chi connectivity index (χ1) is 13.8. The zero-order valence-electron chi connectivity index (χ0n) is 14.0. The van der Waals surface area contributed by atoms with E-state index in [1.165, 1.54) is 15.9 Å². The molecule has 0 aliphatic heterocycles. The maximum absolute atomic E-state index is 13.3. The summed E-state index contributed by atoms with van der Waals surface area (Å²) in [6.45, 7) is 0. The molecule has 0 atom stereocenters. The molecule has 0 bridgehead atoms. The standard InChI is InChI=1S/C11H2BrF21/c12-1-2(13,14)3(15,16)4(17,18)5(19,20)6(21,22)7(23,24)8(25,26)9(27,28)10(29,30)11(31,32)33/h1H2. The Morgan fingerprint density at radius 1 is 0.303 bits per heavy atom. The molecule has 0 saturated carbocycles. The van der Waals surface area contributed by atoms with E-state index in [1.54, 1.807) is 0 Å². The van der Waals surface area contributed by atoms with E-state index in [0.29, 0.717) is 0 Å². The van der Waals surface area contributed by atoms with Gasteiger partial charge in [-0.1, -0.05) is 15.9 Å². The van der Waals surface area contributed by atoms with Gasteiger partial charge in [-0.2, -0.15) is 92.2 Å². The molecule has 0 nitrogen and oxygen atoms in total. The summed E-state index contributed by atoms with van der Waals surface area (Å²) in [7, 11) is 0. The van der Waals surface area contributed by atoms with Crippen LogP contribution in [0.2, 0.25) is 0 Å². The van der Waals surface area contributed by atoms with E-state index in [4.69, 9.17) is 0 Å². The van der Waals surface area contributed by atoms with Crippen LogP contribution in [0.5, 0.6) is 0 Å². The summed E-state index contributed by atoms with van der Waals surface area (Å²) in [4.78, 5) is 0. The van der Waals surface area contributed by atoms with Crippen molar-refractivity contribution < 1.29 is 92.2 Å². The van der Waals surface area contributed by atoms with Crippen LogP contribution in [0.1, 0.15) is 0 Å². The predicted molar refractivity (Wildman–Crippen MR) is 64.4 cm³/mol. The van der Waals surface area contributed by atoms with Crippen molar-refractivity contribution in [2.24, 2.45) is 0 Å². The highest BCUT2D eigenvalue weighted by Crippen LogP contribution is 2.66. The predicted octanol–water partition coefficient (Wildman–Crippen LogP) is 7.66. The summed E-state index contributed by atoms with van der Waals surface area (Å²) in [6, 6.07) is 0. The lowest BCUT2D eigenvalue weighted by Gasteiger charge is -2.44. The van der Waals surface area contributed by atoms with Crippen molar-refractivity contribution in [2.75, 3.05) is 5.33 Å². The lowest BCUT2D eigenvalue weighted by Crippen LogP contribution is -2.76. The monoisotopic (exact) mass is 612 g/mol. The van der Waals surface area contributed by atoms with Crippen LogP contribution in [0.4, 0.5) is 92.2 Å². The minimum Gasteiger partial charge on any atom is -0.199 e. The number of hydrogen-bond acceptors (Lipinski definition) is 0. The van der Waals surface area contributed by atoms with Crippen molar-refractivity contribution in [1.82, 2.24) is 0 Å². The molecular weight excluding hydrogens is 611 g/mol. The van der Waals surface area contributed by atoms with Gasteiger partial charge in [0.25, 0.3) is 0 Å². The van der Waals surface area contributed by atoms with Gasteiger partial charge in [-0.3, -0.25) is 0 Å². The first kappa shape index (κ1) is 32.0. The van der Waals surface area contributed by atoms with Crippen molar-refractivity contribution in [1.29, 1.82) is 0 Å². The third-order valence-electron chi connectivity index (χ3n) is 3.74. The second-order valence-electron chi connectivity index (χ2n) is 5.93. The second-order valence-corrected chi connectivity index (χ2v) is 6.49. The first-order valence-electron chi connectivity index (χ1n) is 6.84. The van der Waals surface area contributed by atoms with Gasteiger partial charge in [0.1, 0.15) is 0 Å². The highest BCUT2D eigenvalue weighted by Gasteiger charge is 2.97. The van der Waals surface area contributed by atoms with Crippen molar-refractivity contribution in [3.05, 3.63) is 0 Å². The number of hydrogen-bond donors (Lipinski definition) is 0.